The monoisotopic (exact) mass is 390 g/mol. The maximum Gasteiger partial charge on any atom is 0.338 e. The van der Waals surface area contributed by atoms with Gasteiger partial charge in [-0.1, -0.05) is 103 Å². The molecule has 3 heteroatoms. The maximum atomic E-state index is 12.0. The van der Waals surface area contributed by atoms with Crippen molar-refractivity contribution in [3.05, 3.63) is 29.8 Å². The number of carbonyl (C=O) groups is 1. The van der Waals surface area contributed by atoms with Crippen LogP contribution in [0.25, 0.3) is 0 Å². The van der Waals surface area contributed by atoms with Gasteiger partial charge in [-0.25, -0.2) is 4.79 Å². The highest BCUT2D eigenvalue weighted by Crippen LogP contribution is 2.15. The highest BCUT2D eigenvalue weighted by molar-refractivity contribution is 5.89. The molecule has 0 fully saturated rings. The molecule has 28 heavy (non-hydrogen) atoms. The highest BCUT2D eigenvalue weighted by atomic mass is 16.5. The molecule has 0 atom stereocenters. The van der Waals surface area contributed by atoms with Gasteiger partial charge in [-0.05, 0) is 24.6 Å². The Bertz CT molecular complexity index is 498. The minimum absolute atomic E-state index is 0.260. The summed E-state index contributed by atoms with van der Waals surface area (Å²) in [5.74, 6) is 0.422. The molecule has 1 aromatic carbocycles. The van der Waals surface area contributed by atoms with Gasteiger partial charge in [0.1, 0.15) is 5.75 Å². The zero-order chi connectivity index (χ0) is 20.3. The average molecular weight is 391 g/mol. The van der Waals surface area contributed by atoms with Crippen molar-refractivity contribution in [3.8, 4) is 5.75 Å². The molecule has 0 aliphatic rings. The minimum Gasteiger partial charge on any atom is -0.497 e. The van der Waals surface area contributed by atoms with E-state index in [1.54, 1.807) is 19.2 Å². The van der Waals surface area contributed by atoms with E-state index in [9.17, 15) is 4.79 Å². The zero-order valence-electron chi connectivity index (χ0n) is 18.3. The first kappa shape index (κ1) is 24.5. The predicted molar refractivity (Wildman–Crippen MR) is 118 cm³/mol. The number of carbonyl (C=O) groups excluding carboxylic acids is 1. The van der Waals surface area contributed by atoms with E-state index in [0.717, 1.165) is 12.8 Å². The number of esters is 1. The van der Waals surface area contributed by atoms with Gasteiger partial charge in [0.25, 0.3) is 0 Å². The minimum atomic E-state index is -0.260. The average Bonchev–Trinajstić information content (AvgIpc) is 2.73. The lowest BCUT2D eigenvalue weighted by Gasteiger charge is -2.06. The van der Waals surface area contributed by atoms with Gasteiger partial charge in [0, 0.05) is 0 Å². The number of benzene rings is 1. The zero-order valence-corrected chi connectivity index (χ0v) is 18.3. The molecular formula is C25H42O3. The fraction of sp³-hybridized carbons (Fsp3) is 0.720. The summed E-state index contributed by atoms with van der Waals surface area (Å²) in [6.45, 7) is 2.78. The van der Waals surface area contributed by atoms with Crippen LogP contribution in [0.1, 0.15) is 114 Å². The van der Waals surface area contributed by atoms with Crippen LogP contribution in [-0.4, -0.2) is 19.7 Å². The Morgan fingerprint density at radius 1 is 0.750 bits per heavy atom. The van der Waals surface area contributed by atoms with Crippen LogP contribution in [0.4, 0.5) is 0 Å². The van der Waals surface area contributed by atoms with E-state index in [-0.39, 0.29) is 5.97 Å². The van der Waals surface area contributed by atoms with Gasteiger partial charge in [-0.3, -0.25) is 0 Å². The number of unbranched alkanes of at least 4 members (excludes halogenated alkanes) is 14. The van der Waals surface area contributed by atoms with E-state index in [1.165, 1.54) is 83.5 Å². The van der Waals surface area contributed by atoms with Gasteiger partial charge < -0.3 is 9.47 Å². The topological polar surface area (TPSA) is 35.5 Å². The summed E-state index contributed by atoms with van der Waals surface area (Å²) in [7, 11) is 1.60. The van der Waals surface area contributed by atoms with Crippen LogP contribution < -0.4 is 4.74 Å². The quantitative estimate of drug-likeness (QED) is 0.190. The lowest BCUT2D eigenvalue weighted by Crippen LogP contribution is -2.06. The van der Waals surface area contributed by atoms with Gasteiger partial charge >= 0.3 is 5.97 Å². The van der Waals surface area contributed by atoms with Crippen LogP contribution in [-0.2, 0) is 4.74 Å². The van der Waals surface area contributed by atoms with Crippen LogP contribution in [0.3, 0.4) is 0 Å². The van der Waals surface area contributed by atoms with Crippen molar-refractivity contribution in [2.45, 2.75) is 103 Å². The summed E-state index contributed by atoms with van der Waals surface area (Å²) >= 11 is 0. The van der Waals surface area contributed by atoms with Gasteiger partial charge in [0.05, 0.1) is 19.3 Å². The van der Waals surface area contributed by atoms with E-state index in [4.69, 9.17) is 9.47 Å². The van der Waals surface area contributed by atoms with Crippen molar-refractivity contribution in [2.24, 2.45) is 0 Å². The summed E-state index contributed by atoms with van der Waals surface area (Å²) < 4.78 is 10.5. The molecule has 0 amide bonds. The van der Waals surface area contributed by atoms with Crippen LogP contribution in [0.5, 0.6) is 5.75 Å². The Kier molecular flexibility index (Phi) is 15.4. The standard InChI is InChI=1S/C25H42O3/c1-3-4-5-6-7-8-9-10-11-12-13-14-15-16-17-21-28-25(26)23-19-18-20-24(22-23)27-2/h18-20,22H,3-17,21H2,1-2H3. The fourth-order valence-corrected chi connectivity index (χ4v) is 3.47. The molecule has 0 unspecified atom stereocenters. The van der Waals surface area contributed by atoms with Crippen LogP contribution in [0.2, 0.25) is 0 Å². The molecule has 0 aromatic heterocycles. The highest BCUT2D eigenvalue weighted by Gasteiger charge is 2.07. The molecule has 0 saturated heterocycles. The second kappa shape index (κ2) is 17.6. The largest absolute Gasteiger partial charge is 0.497 e. The van der Waals surface area contributed by atoms with Crippen molar-refractivity contribution in [1.82, 2.24) is 0 Å². The fourth-order valence-electron chi connectivity index (χ4n) is 3.47. The van der Waals surface area contributed by atoms with Crippen molar-refractivity contribution in [1.29, 1.82) is 0 Å². The Morgan fingerprint density at radius 3 is 1.75 bits per heavy atom. The number of hydrogen-bond donors (Lipinski definition) is 0. The molecule has 0 aliphatic heterocycles. The van der Waals surface area contributed by atoms with E-state index in [2.05, 4.69) is 6.92 Å². The predicted octanol–water partition coefficient (Wildman–Crippen LogP) is 7.72. The molecule has 3 nitrogen and oxygen atoms in total. The molecule has 0 radical (unpaired) electrons. The summed E-state index contributed by atoms with van der Waals surface area (Å²) in [6, 6.07) is 7.11. The molecule has 0 N–H and O–H groups in total. The first-order valence-corrected chi connectivity index (χ1v) is 11.6. The third-order valence-corrected chi connectivity index (χ3v) is 5.29. The first-order chi connectivity index (χ1) is 13.8. The molecular weight excluding hydrogens is 348 g/mol. The van der Waals surface area contributed by atoms with E-state index in [1.807, 2.05) is 12.1 Å². The second-order valence-electron chi connectivity index (χ2n) is 7.82. The van der Waals surface area contributed by atoms with Crippen molar-refractivity contribution < 1.29 is 14.3 Å². The molecule has 0 spiro atoms. The smallest absolute Gasteiger partial charge is 0.338 e. The molecule has 160 valence electrons. The third kappa shape index (κ3) is 12.8. The second-order valence-corrected chi connectivity index (χ2v) is 7.82. The Labute approximate surface area is 173 Å². The van der Waals surface area contributed by atoms with E-state index in [0.29, 0.717) is 17.9 Å². The van der Waals surface area contributed by atoms with Crippen LogP contribution in [0, 0.1) is 0 Å². The van der Waals surface area contributed by atoms with E-state index >= 15 is 0 Å². The van der Waals surface area contributed by atoms with Crippen molar-refractivity contribution >= 4 is 5.97 Å². The molecule has 1 rings (SSSR count). The summed E-state index contributed by atoms with van der Waals surface area (Å²) in [4.78, 5) is 12.0. The third-order valence-electron chi connectivity index (χ3n) is 5.29. The molecule has 0 heterocycles. The number of rotatable bonds is 18. The number of hydrogen-bond acceptors (Lipinski definition) is 3. The Morgan fingerprint density at radius 2 is 1.25 bits per heavy atom. The first-order valence-electron chi connectivity index (χ1n) is 11.6. The Balaban J connectivity index is 1.84. The number of ether oxygens (including phenoxy) is 2. The van der Waals surface area contributed by atoms with Crippen LogP contribution >= 0.6 is 0 Å². The van der Waals surface area contributed by atoms with Gasteiger partial charge in [0.2, 0.25) is 0 Å². The van der Waals surface area contributed by atoms with Gasteiger partial charge in [-0.15, -0.1) is 0 Å². The van der Waals surface area contributed by atoms with Gasteiger partial charge in [-0.2, -0.15) is 0 Å². The molecule has 0 saturated carbocycles. The molecule has 0 bridgehead atoms. The molecule has 1 aromatic rings. The lowest BCUT2D eigenvalue weighted by molar-refractivity contribution is 0.0497. The molecule has 0 aliphatic carbocycles. The van der Waals surface area contributed by atoms with Crippen molar-refractivity contribution in [3.63, 3.8) is 0 Å². The Hall–Kier alpha value is -1.51. The van der Waals surface area contributed by atoms with E-state index < -0.39 is 0 Å². The summed E-state index contributed by atoms with van der Waals surface area (Å²) in [5, 5.41) is 0. The lowest BCUT2D eigenvalue weighted by atomic mass is 10.0. The van der Waals surface area contributed by atoms with Crippen molar-refractivity contribution in [2.75, 3.05) is 13.7 Å². The number of methoxy groups -OCH3 is 1. The summed E-state index contributed by atoms with van der Waals surface area (Å²) in [5.41, 5.74) is 0.556. The normalized spacial score (nSPS) is 10.8. The summed E-state index contributed by atoms with van der Waals surface area (Å²) in [6.07, 6.45) is 20.1. The van der Waals surface area contributed by atoms with Gasteiger partial charge in [0.15, 0.2) is 0 Å². The maximum absolute atomic E-state index is 12.0. The SMILES string of the molecule is CCCCCCCCCCCCCCCCCOC(=O)c1cccc(OC)c1. The van der Waals surface area contributed by atoms with Crippen LogP contribution in [0.15, 0.2) is 24.3 Å².